The first kappa shape index (κ1) is 18.4. The molecule has 0 spiro atoms. The van der Waals surface area contributed by atoms with Crippen LogP contribution in [-0.4, -0.2) is 29.9 Å². The molecule has 7 heteroatoms. The molecule has 1 N–H and O–H groups in total. The number of amides is 1. The molecule has 3 aromatic rings. The van der Waals surface area contributed by atoms with Crippen LogP contribution in [0, 0.1) is 6.92 Å². The molecule has 3 rings (SSSR count). The number of anilines is 1. The predicted octanol–water partition coefficient (Wildman–Crippen LogP) is 4.09. The Balaban J connectivity index is 1.82. The third-order valence-corrected chi connectivity index (χ3v) is 3.98. The van der Waals surface area contributed by atoms with E-state index in [1.165, 1.54) is 0 Å². The Morgan fingerprint density at radius 2 is 2.00 bits per heavy atom. The van der Waals surface area contributed by atoms with Gasteiger partial charge < -0.3 is 14.8 Å². The van der Waals surface area contributed by atoms with Crippen LogP contribution < -0.4 is 14.8 Å². The molecule has 0 unspecified atom stereocenters. The number of nitrogens with one attached hydrogen (secondary N) is 1. The minimum Gasteiger partial charge on any atom is -0.497 e. The molecule has 140 valence electrons. The highest BCUT2D eigenvalue weighted by atomic mass is 16.6. The first-order chi connectivity index (χ1) is 13.1. The first-order valence-corrected chi connectivity index (χ1v) is 8.64. The lowest BCUT2D eigenvalue weighted by atomic mass is 10.1. The van der Waals surface area contributed by atoms with Gasteiger partial charge in [-0.3, -0.25) is 4.79 Å². The van der Waals surface area contributed by atoms with Gasteiger partial charge in [0.15, 0.2) is 5.69 Å². The van der Waals surface area contributed by atoms with Gasteiger partial charge in [-0.1, -0.05) is 13.0 Å². The van der Waals surface area contributed by atoms with Crippen molar-refractivity contribution in [2.75, 3.05) is 19.0 Å². The van der Waals surface area contributed by atoms with Crippen LogP contribution in [0.3, 0.4) is 0 Å². The van der Waals surface area contributed by atoms with Gasteiger partial charge in [-0.05, 0) is 65.6 Å². The maximum absolute atomic E-state index is 12.6. The standard InChI is InChI=1S/C20H21N3O4/c1-4-10-26-16-7-5-6-14(12-16)20(24)21-19-18(22-27-23-19)17-9-8-15(25-3)11-13(17)2/h5-9,11-12H,4,10H2,1-3H3,(H,21,23,24). The Labute approximate surface area is 157 Å². The smallest absolute Gasteiger partial charge is 0.257 e. The van der Waals surface area contributed by atoms with Gasteiger partial charge in [0.05, 0.1) is 13.7 Å². The van der Waals surface area contributed by atoms with Crippen molar-refractivity contribution in [3.8, 4) is 22.8 Å². The number of benzene rings is 2. The zero-order chi connectivity index (χ0) is 19.2. The van der Waals surface area contributed by atoms with Crippen molar-refractivity contribution < 1.29 is 18.9 Å². The molecule has 0 atom stereocenters. The first-order valence-electron chi connectivity index (χ1n) is 8.64. The monoisotopic (exact) mass is 367 g/mol. The van der Waals surface area contributed by atoms with Crippen molar-refractivity contribution in [1.29, 1.82) is 0 Å². The number of hydrogen-bond donors (Lipinski definition) is 1. The van der Waals surface area contributed by atoms with E-state index in [0.29, 0.717) is 23.6 Å². The molecule has 1 heterocycles. The molecule has 27 heavy (non-hydrogen) atoms. The lowest BCUT2D eigenvalue weighted by molar-refractivity contribution is 0.102. The van der Waals surface area contributed by atoms with Crippen LogP contribution >= 0.6 is 0 Å². The topological polar surface area (TPSA) is 86.5 Å². The molecule has 0 aliphatic carbocycles. The van der Waals surface area contributed by atoms with Crippen molar-refractivity contribution in [3.05, 3.63) is 53.6 Å². The minimum absolute atomic E-state index is 0.258. The molecule has 7 nitrogen and oxygen atoms in total. The number of aromatic nitrogens is 2. The van der Waals surface area contributed by atoms with Gasteiger partial charge in [0, 0.05) is 11.1 Å². The zero-order valence-electron chi connectivity index (χ0n) is 15.5. The van der Waals surface area contributed by atoms with E-state index in [4.69, 9.17) is 14.1 Å². The fourth-order valence-corrected chi connectivity index (χ4v) is 2.60. The average molecular weight is 367 g/mol. The molecule has 0 aliphatic heterocycles. The van der Waals surface area contributed by atoms with E-state index >= 15 is 0 Å². The van der Waals surface area contributed by atoms with Crippen LogP contribution in [0.15, 0.2) is 47.1 Å². The number of carbonyl (C=O) groups excluding carboxylic acids is 1. The van der Waals surface area contributed by atoms with E-state index in [1.54, 1.807) is 25.3 Å². The Morgan fingerprint density at radius 1 is 1.15 bits per heavy atom. The molecule has 0 aliphatic rings. The van der Waals surface area contributed by atoms with Crippen molar-refractivity contribution in [2.45, 2.75) is 20.3 Å². The van der Waals surface area contributed by atoms with Crippen LogP contribution in [0.1, 0.15) is 29.3 Å². The number of rotatable bonds is 7. The third-order valence-electron chi connectivity index (χ3n) is 3.98. The van der Waals surface area contributed by atoms with Crippen LogP contribution in [-0.2, 0) is 0 Å². The average Bonchev–Trinajstić information content (AvgIpc) is 3.14. The molecule has 2 aromatic carbocycles. The van der Waals surface area contributed by atoms with Gasteiger partial charge in [-0.2, -0.15) is 0 Å². The molecule has 0 saturated carbocycles. The Bertz CT molecular complexity index is 936. The maximum atomic E-state index is 12.6. The van der Waals surface area contributed by atoms with Gasteiger partial charge in [-0.25, -0.2) is 4.63 Å². The summed E-state index contributed by atoms with van der Waals surface area (Å²) in [6, 6.07) is 12.5. The largest absolute Gasteiger partial charge is 0.497 e. The SMILES string of the molecule is CCCOc1cccc(C(=O)Nc2nonc2-c2ccc(OC)cc2C)c1. The van der Waals surface area contributed by atoms with Gasteiger partial charge in [-0.15, -0.1) is 0 Å². The summed E-state index contributed by atoms with van der Waals surface area (Å²) in [6.07, 6.45) is 0.894. The lowest BCUT2D eigenvalue weighted by Gasteiger charge is -2.08. The summed E-state index contributed by atoms with van der Waals surface area (Å²) in [4.78, 5) is 12.6. The second-order valence-electron chi connectivity index (χ2n) is 5.97. The molecule has 1 amide bonds. The molecule has 0 fully saturated rings. The van der Waals surface area contributed by atoms with E-state index < -0.39 is 0 Å². The summed E-state index contributed by atoms with van der Waals surface area (Å²) in [5, 5.41) is 10.5. The fourth-order valence-electron chi connectivity index (χ4n) is 2.60. The highest BCUT2D eigenvalue weighted by Crippen LogP contribution is 2.30. The molecule has 1 aromatic heterocycles. The Kier molecular flexibility index (Phi) is 5.71. The number of hydrogen-bond acceptors (Lipinski definition) is 6. The molecular weight excluding hydrogens is 346 g/mol. The van der Waals surface area contributed by atoms with Crippen molar-refractivity contribution in [3.63, 3.8) is 0 Å². The molecular formula is C20H21N3O4. The highest BCUT2D eigenvalue weighted by molar-refractivity contribution is 6.05. The van der Waals surface area contributed by atoms with Crippen molar-refractivity contribution >= 4 is 11.7 Å². The Hall–Kier alpha value is -3.35. The Morgan fingerprint density at radius 3 is 2.74 bits per heavy atom. The molecule has 0 radical (unpaired) electrons. The van der Waals surface area contributed by atoms with E-state index in [1.807, 2.05) is 38.1 Å². The number of aryl methyl sites for hydroxylation is 1. The zero-order valence-corrected chi connectivity index (χ0v) is 15.5. The lowest BCUT2D eigenvalue weighted by Crippen LogP contribution is -2.13. The van der Waals surface area contributed by atoms with Crippen LogP contribution in [0.5, 0.6) is 11.5 Å². The summed E-state index contributed by atoms with van der Waals surface area (Å²) in [7, 11) is 1.61. The minimum atomic E-state index is -0.319. The van der Waals surface area contributed by atoms with Gasteiger partial charge in [0.1, 0.15) is 11.5 Å². The predicted molar refractivity (Wildman–Crippen MR) is 101 cm³/mol. The second kappa shape index (κ2) is 8.35. The summed E-state index contributed by atoms with van der Waals surface area (Å²) >= 11 is 0. The van der Waals surface area contributed by atoms with E-state index in [9.17, 15) is 4.79 Å². The fraction of sp³-hybridized carbons (Fsp3) is 0.250. The van der Waals surface area contributed by atoms with Crippen molar-refractivity contribution in [2.24, 2.45) is 0 Å². The molecule has 0 bridgehead atoms. The van der Waals surface area contributed by atoms with Crippen molar-refractivity contribution in [1.82, 2.24) is 10.3 Å². The summed E-state index contributed by atoms with van der Waals surface area (Å²) < 4.78 is 15.6. The molecule has 0 saturated heterocycles. The number of carbonyl (C=O) groups is 1. The third kappa shape index (κ3) is 4.25. The van der Waals surface area contributed by atoms with Crippen LogP contribution in [0.2, 0.25) is 0 Å². The van der Waals surface area contributed by atoms with E-state index in [2.05, 4.69) is 15.6 Å². The number of methoxy groups -OCH3 is 1. The summed E-state index contributed by atoms with van der Waals surface area (Å²) in [5.74, 6) is 1.32. The maximum Gasteiger partial charge on any atom is 0.257 e. The normalized spacial score (nSPS) is 10.5. The van der Waals surface area contributed by atoms with E-state index in [-0.39, 0.29) is 11.7 Å². The summed E-state index contributed by atoms with van der Waals surface area (Å²) in [5.41, 5.74) is 2.65. The van der Waals surface area contributed by atoms with Gasteiger partial charge in [0.2, 0.25) is 5.82 Å². The highest BCUT2D eigenvalue weighted by Gasteiger charge is 2.18. The second-order valence-corrected chi connectivity index (χ2v) is 5.97. The quantitative estimate of drug-likeness (QED) is 0.677. The van der Waals surface area contributed by atoms with Crippen LogP contribution in [0.25, 0.3) is 11.3 Å². The van der Waals surface area contributed by atoms with Crippen LogP contribution in [0.4, 0.5) is 5.82 Å². The number of ether oxygens (including phenoxy) is 2. The summed E-state index contributed by atoms with van der Waals surface area (Å²) in [6.45, 7) is 4.54. The number of nitrogens with zero attached hydrogens (tertiary/aromatic N) is 2. The van der Waals surface area contributed by atoms with Gasteiger partial charge >= 0.3 is 0 Å². The van der Waals surface area contributed by atoms with E-state index in [0.717, 1.165) is 23.3 Å². The van der Waals surface area contributed by atoms with Gasteiger partial charge in [0.25, 0.3) is 5.91 Å².